The Bertz CT molecular complexity index is 730. The van der Waals surface area contributed by atoms with Gasteiger partial charge in [-0.25, -0.2) is 0 Å². The van der Waals surface area contributed by atoms with Gasteiger partial charge in [-0.3, -0.25) is 24.0 Å². The van der Waals surface area contributed by atoms with E-state index in [0.717, 1.165) is 5.75 Å². The lowest BCUT2D eigenvalue weighted by atomic mass is 10.0. The summed E-state index contributed by atoms with van der Waals surface area (Å²) in [5.74, 6) is -2.00. The number of hydrogen-bond donors (Lipinski definition) is 4. The largest absolute Gasteiger partial charge is 0.456 e. The first kappa shape index (κ1) is 25.1. The van der Waals surface area contributed by atoms with E-state index in [1.54, 1.807) is 19.9 Å². The van der Waals surface area contributed by atoms with Crippen molar-refractivity contribution in [2.75, 3.05) is 24.6 Å². The molecule has 2 rings (SSSR count). The zero-order chi connectivity index (χ0) is 22.8. The van der Waals surface area contributed by atoms with Gasteiger partial charge >= 0.3 is 5.97 Å². The van der Waals surface area contributed by atoms with Crippen LogP contribution in [-0.2, 0) is 28.7 Å². The molecule has 2 heterocycles. The SMILES string of the molecule is CC(C)[C@H]1NC(=O)[C@H]2CSSCC/C=C/[C@H](CC(=O)NCC(=O)N2)OC(=O)CNC1=O. The molecule has 0 aromatic carbocycles. The van der Waals surface area contributed by atoms with Gasteiger partial charge in [0.05, 0.1) is 13.0 Å². The highest BCUT2D eigenvalue weighted by Crippen LogP contribution is 2.23. The minimum Gasteiger partial charge on any atom is -0.456 e. The summed E-state index contributed by atoms with van der Waals surface area (Å²) in [6, 6.07) is -1.78. The molecule has 0 unspecified atom stereocenters. The van der Waals surface area contributed by atoms with Gasteiger partial charge in [0, 0.05) is 11.5 Å². The first-order chi connectivity index (χ1) is 14.8. The smallest absolute Gasteiger partial charge is 0.326 e. The lowest BCUT2D eigenvalue weighted by molar-refractivity contribution is -0.148. The number of carbonyl (C=O) groups is 5. The van der Waals surface area contributed by atoms with Crippen LogP contribution in [0.3, 0.4) is 0 Å². The predicted molar refractivity (Wildman–Crippen MR) is 118 cm³/mol. The highest BCUT2D eigenvalue weighted by molar-refractivity contribution is 8.76. The Morgan fingerprint density at radius 2 is 1.74 bits per heavy atom. The number of carbonyl (C=O) groups excluding carboxylic acids is 5. The standard InChI is InChI=1S/C19H28N4O6S2/c1-11(2)17-19(28)21-9-16(26)29-12-5-3-4-6-30-31-10-13(18(27)23-17)22-15(25)8-20-14(24)7-12/h3,5,11-13,17H,4,6-10H2,1-2H3,(H,20,24)(H,21,28)(H,22,25)(H,23,27)/b5-3+/t12-,13-,17-/m1/s1. The molecule has 0 aliphatic carbocycles. The number of nitrogens with one attached hydrogen (secondary N) is 4. The van der Waals surface area contributed by atoms with Gasteiger partial charge in [-0.15, -0.1) is 0 Å². The third-order valence-corrected chi connectivity index (χ3v) is 6.90. The third-order valence-electron chi connectivity index (χ3n) is 4.46. The molecule has 2 bridgehead atoms. The number of hydrogen-bond acceptors (Lipinski definition) is 8. The fourth-order valence-electron chi connectivity index (χ4n) is 2.82. The van der Waals surface area contributed by atoms with E-state index in [1.165, 1.54) is 21.6 Å². The van der Waals surface area contributed by atoms with Crippen molar-refractivity contribution in [3.63, 3.8) is 0 Å². The van der Waals surface area contributed by atoms with Crippen LogP contribution < -0.4 is 21.3 Å². The van der Waals surface area contributed by atoms with Crippen LogP contribution in [0.5, 0.6) is 0 Å². The fraction of sp³-hybridized carbons (Fsp3) is 0.632. The van der Waals surface area contributed by atoms with Crippen molar-refractivity contribution in [1.82, 2.24) is 21.3 Å². The van der Waals surface area contributed by atoms with E-state index in [-0.39, 0.29) is 24.6 Å². The first-order valence-electron chi connectivity index (χ1n) is 10.0. The summed E-state index contributed by atoms with van der Waals surface area (Å²) in [5.41, 5.74) is 0. The van der Waals surface area contributed by atoms with Gasteiger partial charge in [0.15, 0.2) is 0 Å². The summed E-state index contributed by atoms with van der Waals surface area (Å²) in [6.07, 6.45) is 3.13. The van der Waals surface area contributed by atoms with Gasteiger partial charge < -0.3 is 26.0 Å². The van der Waals surface area contributed by atoms with E-state index in [4.69, 9.17) is 4.74 Å². The lowest BCUT2D eigenvalue weighted by Crippen LogP contribution is -2.57. The zero-order valence-corrected chi connectivity index (χ0v) is 19.1. The second-order valence-electron chi connectivity index (χ2n) is 7.40. The van der Waals surface area contributed by atoms with Crippen molar-refractivity contribution in [3.05, 3.63) is 12.2 Å². The molecule has 2 aliphatic heterocycles. The minimum absolute atomic E-state index is 0.163. The van der Waals surface area contributed by atoms with Crippen LogP contribution in [-0.4, -0.2) is 72.4 Å². The van der Waals surface area contributed by atoms with Crippen molar-refractivity contribution < 1.29 is 28.7 Å². The van der Waals surface area contributed by atoms with Crippen LogP contribution in [0, 0.1) is 5.92 Å². The van der Waals surface area contributed by atoms with E-state index in [9.17, 15) is 24.0 Å². The lowest BCUT2D eigenvalue weighted by Gasteiger charge is -2.25. The summed E-state index contributed by atoms with van der Waals surface area (Å²) < 4.78 is 5.33. The molecular weight excluding hydrogens is 444 g/mol. The highest BCUT2D eigenvalue weighted by atomic mass is 33.1. The molecule has 0 aromatic rings. The van der Waals surface area contributed by atoms with Crippen LogP contribution in [0.25, 0.3) is 0 Å². The molecule has 172 valence electrons. The molecule has 0 radical (unpaired) electrons. The number of rotatable bonds is 1. The van der Waals surface area contributed by atoms with E-state index in [0.29, 0.717) is 6.42 Å². The Balaban J connectivity index is 2.34. The third kappa shape index (κ3) is 8.82. The van der Waals surface area contributed by atoms with E-state index >= 15 is 0 Å². The maximum Gasteiger partial charge on any atom is 0.326 e. The van der Waals surface area contributed by atoms with Crippen LogP contribution in [0.2, 0.25) is 0 Å². The van der Waals surface area contributed by atoms with E-state index in [1.807, 2.05) is 6.08 Å². The molecule has 1 saturated heterocycles. The second-order valence-corrected chi connectivity index (χ2v) is 10.0. The van der Waals surface area contributed by atoms with Crippen LogP contribution >= 0.6 is 21.6 Å². The van der Waals surface area contributed by atoms with Crippen molar-refractivity contribution in [2.24, 2.45) is 5.92 Å². The van der Waals surface area contributed by atoms with Crippen molar-refractivity contribution >= 4 is 51.2 Å². The quantitative estimate of drug-likeness (QED) is 0.227. The summed E-state index contributed by atoms with van der Waals surface area (Å²) in [4.78, 5) is 62.2. The second kappa shape index (κ2) is 12.6. The number of ether oxygens (including phenoxy) is 1. The molecule has 12 heteroatoms. The molecule has 0 spiro atoms. The van der Waals surface area contributed by atoms with Crippen molar-refractivity contribution in [1.29, 1.82) is 0 Å². The Morgan fingerprint density at radius 1 is 0.968 bits per heavy atom. The van der Waals surface area contributed by atoms with Crippen LogP contribution in [0.1, 0.15) is 26.7 Å². The average molecular weight is 473 g/mol. The molecule has 10 nitrogen and oxygen atoms in total. The van der Waals surface area contributed by atoms with Crippen LogP contribution in [0.15, 0.2) is 12.2 Å². The predicted octanol–water partition coefficient (Wildman–Crippen LogP) is -0.499. The van der Waals surface area contributed by atoms with Crippen molar-refractivity contribution in [3.8, 4) is 0 Å². The van der Waals surface area contributed by atoms with E-state index < -0.39 is 54.3 Å². The summed E-state index contributed by atoms with van der Waals surface area (Å²) in [7, 11) is 2.96. The van der Waals surface area contributed by atoms with E-state index in [2.05, 4.69) is 21.3 Å². The Hall–Kier alpha value is -2.21. The molecule has 3 atom stereocenters. The number of allylic oxidation sites excluding steroid dienone is 1. The minimum atomic E-state index is -0.892. The Labute approximate surface area is 188 Å². The summed E-state index contributed by atoms with van der Waals surface area (Å²) in [6.45, 7) is 2.81. The van der Waals surface area contributed by atoms with Gasteiger partial charge in [0.2, 0.25) is 23.6 Å². The monoisotopic (exact) mass is 472 g/mol. The topological polar surface area (TPSA) is 143 Å². The molecule has 0 saturated carbocycles. The van der Waals surface area contributed by atoms with Gasteiger partial charge in [-0.1, -0.05) is 41.5 Å². The molecule has 0 aromatic heterocycles. The first-order valence-corrected chi connectivity index (χ1v) is 12.5. The number of amides is 4. The average Bonchev–Trinajstić information content (AvgIpc) is 2.71. The van der Waals surface area contributed by atoms with Crippen LogP contribution in [0.4, 0.5) is 0 Å². The molecule has 4 N–H and O–H groups in total. The summed E-state index contributed by atoms with van der Waals surface area (Å²) >= 11 is 0. The van der Waals surface area contributed by atoms with Gasteiger partial charge in [0.1, 0.15) is 24.7 Å². The molecule has 1 fully saturated rings. The maximum absolute atomic E-state index is 12.8. The number of fused-ring (bicyclic) bond motifs is 7. The normalized spacial score (nSPS) is 28.5. The highest BCUT2D eigenvalue weighted by Gasteiger charge is 2.30. The summed E-state index contributed by atoms with van der Waals surface area (Å²) in [5, 5.41) is 10.2. The van der Waals surface area contributed by atoms with Gasteiger partial charge in [-0.2, -0.15) is 0 Å². The zero-order valence-electron chi connectivity index (χ0n) is 17.5. The Kier molecular flexibility index (Phi) is 10.2. The van der Waals surface area contributed by atoms with Crippen molar-refractivity contribution in [2.45, 2.75) is 44.9 Å². The molecular formula is C19H28N4O6S2. The molecule has 31 heavy (non-hydrogen) atoms. The molecule has 2 aliphatic rings. The Morgan fingerprint density at radius 3 is 2.48 bits per heavy atom. The van der Waals surface area contributed by atoms with Gasteiger partial charge in [-0.05, 0) is 18.4 Å². The maximum atomic E-state index is 12.8. The number of esters is 1. The van der Waals surface area contributed by atoms with Gasteiger partial charge in [0.25, 0.3) is 0 Å². The fourth-order valence-corrected chi connectivity index (χ4v) is 4.98. The molecule has 4 amide bonds.